The van der Waals surface area contributed by atoms with Crippen molar-refractivity contribution in [2.45, 2.75) is 81.7 Å². The smallest absolute Gasteiger partial charge is 0.548 e. The summed E-state index contributed by atoms with van der Waals surface area (Å²) in [5, 5.41) is 14.6. The SMILES string of the molecule is O=C([O-])C1CC2CCCCC2N1C(=O)NC1CCC2(CC1)OCCO2.[K+]. The number of carboxylic acids is 1. The van der Waals surface area contributed by atoms with Gasteiger partial charge in [-0.3, -0.25) is 0 Å². The van der Waals surface area contributed by atoms with Gasteiger partial charge in [0.05, 0.1) is 25.2 Å². The number of carbonyl (C=O) groups is 2. The Morgan fingerprint density at radius 3 is 2.35 bits per heavy atom. The fraction of sp³-hybridized carbons (Fsp3) is 0.889. The minimum absolute atomic E-state index is 0. The minimum Gasteiger partial charge on any atom is -0.548 e. The van der Waals surface area contributed by atoms with Gasteiger partial charge in [0.25, 0.3) is 0 Å². The van der Waals surface area contributed by atoms with Gasteiger partial charge in [0, 0.05) is 24.9 Å². The molecular formula is C18H27KN2O5. The molecule has 2 saturated heterocycles. The van der Waals surface area contributed by atoms with E-state index in [1.807, 2.05) is 0 Å². The Hall–Kier alpha value is 0.296. The molecule has 7 nitrogen and oxygen atoms in total. The van der Waals surface area contributed by atoms with Crippen LogP contribution in [0.1, 0.15) is 57.8 Å². The van der Waals surface area contributed by atoms with Gasteiger partial charge in [0.15, 0.2) is 5.79 Å². The summed E-state index contributed by atoms with van der Waals surface area (Å²) in [4.78, 5) is 26.0. The number of rotatable bonds is 2. The molecule has 0 aromatic carbocycles. The van der Waals surface area contributed by atoms with Gasteiger partial charge in [0.2, 0.25) is 0 Å². The number of ether oxygens (including phenoxy) is 2. The fourth-order valence-electron chi connectivity index (χ4n) is 5.20. The summed E-state index contributed by atoms with van der Waals surface area (Å²) in [6, 6.07) is -0.925. The molecule has 3 unspecified atom stereocenters. The number of carbonyl (C=O) groups excluding carboxylic acids is 2. The maximum absolute atomic E-state index is 12.9. The van der Waals surface area contributed by atoms with E-state index in [1.54, 1.807) is 4.90 Å². The molecule has 26 heavy (non-hydrogen) atoms. The molecular weight excluding hydrogens is 363 g/mol. The maximum atomic E-state index is 12.9. The van der Waals surface area contributed by atoms with Crippen LogP contribution in [-0.2, 0) is 14.3 Å². The molecule has 4 aliphatic rings. The van der Waals surface area contributed by atoms with Gasteiger partial charge in [-0.15, -0.1) is 0 Å². The summed E-state index contributed by atoms with van der Waals surface area (Å²) < 4.78 is 11.4. The molecule has 2 aliphatic carbocycles. The van der Waals surface area contributed by atoms with Crippen LogP contribution in [-0.4, -0.2) is 54.0 Å². The van der Waals surface area contributed by atoms with Gasteiger partial charge in [0.1, 0.15) is 0 Å². The molecule has 0 aromatic rings. The first kappa shape index (κ1) is 21.0. The van der Waals surface area contributed by atoms with Gasteiger partial charge in [-0.2, -0.15) is 0 Å². The predicted molar refractivity (Wildman–Crippen MR) is 86.4 cm³/mol. The standard InChI is InChI=1S/C18H28N2O5.K/c21-16(22)15-11-12-3-1-2-4-14(12)20(15)17(23)19-13-5-7-18(8-6-13)24-9-10-25-18;/h12-15H,1-11H2,(H,19,23)(H,21,22);/q;+1/p-1. The summed E-state index contributed by atoms with van der Waals surface area (Å²) in [7, 11) is 0. The normalized spacial score (nSPS) is 33.5. The third kappa shape index (κ3) is 4.16. The molecule has 0 aromatic heterocycles. The van der Waals surface area contributed by atoms with E-state index in [0.717, 1.165) is 51.4 Å². The number of nitrogens with one attached hydrogen (secondary N) is 1. The minimum atomic E-state index is -1.13. The number of urea groups is 1. The Labute approximate surface area is 196 Å². The Balaban J connectivity index is 0.00000196. The van der Waals surface area contributed by atoms with Crippen molar-refractivity contribution in [1.29, 1.82) is 0 Å². The van der Waals surface area contributed by atoms with Crippen molar-refractivity contribution in [2.75, 3.05) is 13.2 Å². The molecule has 2 heterocycles. The largest absolute Gasteiger partial charge is 1.00 e. The van der Waals surface area contributed by atoms with E-state index in [2.05, 4.69) is 5.32 Å². The molecule has 0 bridgehead atoms. The van der Waals surface area contributed by atoms with Crippen molar-refractivity contribution in [1.82, 2.24) is 10.2 Å². The van der Waals surface area contributed by atoms with E-state index in [-0.39, 0.29) is 69.5 Å². The molecule has 2 amide bonds. The first-order valence-electron chi connectivity index (χ1n) is 9.66. The fourth-order valence-corrected chi connectivity index (χ4v) is 5.20. The Kier molecular flexibility index (Phi) is 7.08. The van der Waals surface area contributed by atoms with E-state index in [9.17, 15) is 14.7 Å². The van der Waals surface area contributed by atoms with Crippen LogP contribution in [0.15, 0.2) is 0 Å². The number of fused-ring (bicyclic) bond motifs is 1. The molecule has 0 radical (unpaired) electrons. The van der Waals surface area contributed by atoms with E-state index in [4.69, 9.17) is 9.47 Å². The second-order valence-corrected chi connectivity index (χ2v) is 7.92. The second-order valence-electron chi connectivity index (χ2n) is 7.92. The predicted octanol–water partition coefficient (Wildman–Crippen LogP) is -2.23. The topological polar surface area (TPSA) is 90.9 Å². The molecule has 4 fully saturated rings. The Morgan fingerprint density at radius 2 is 1.69 bits per heavy atom. The van der Waals surface area contributed by atoms with E-state index in [1.165, 1.54) is 0 Å². The summed E-state index contributed by atoms with van der Waals surface area (Å²) in [5.41, 5.74) is 0. The number of carboxylic acid groups (broad SMARTS) is 1. The van der Waals surface area contributed by atoms with Crippen molar-refractivity contribution in [2.24, 2.45) is 5.92 Å². The number of amides is 2. The summed E-state index contributed by atoms with van der Waals surface area (Å²) in [5.74, 6) is -1.27. The van der Waals surface area contributed by atoms with Gasteiger partial charge >= 0.3 is 57.4 Å². The number of hydrogen-bond acceptors (Lipinski definition) is 5. The van der Waals surface area contributed by atoms with Crippen molar-refractivity contribution in [3.8, 4) is 0 Å². The third-order valence-electron chi connectivity index (χ3n) is 6.48. The van der Waals surface area contributed by atoms with Crippen molar-refractivity contribution in [3.63, 3.8) is 0 Å². The number of hydrogen-bond donors (Lipinski definition) is 1. The third-order valence-corrected chi connectivity index (χ3v) is 6.48. The molecule has 1 spiro atoms. The van der Waals surface area contributed by atoms with Crippen LogP contribution in [0.5, 0.6) is 0 Å². The van der Waals surface area contributed by atoms with Crippen LogP contribution in [0.4, 0.5) is 4.79 Å². The average molecular weight is 391 g/mol. The molecule has 2 aliphatic heterocycles. The average Bonchev–Trinajstić information content (AvgIpc) is 3.22. The summed E-state index contributed by atoms with van der Waals surface area (Å²) in [6.45, 7) is 1.28. The molecule has 140 valence electrons. The molecule has 2 saturated carbocycles. The number of aliphatic carboxylic acids is 1. The first-order chi connectivity index (χ1) is 12.1. The van der Waals surface area contributed by atoms with Crippen LogP contribution >= 0.6 is 0 Å². The van der Waals surface area contributed by atoms with Gasteiger partial charge < -0.3 is 29.6 Å². The zero-order valence-corrected chi connectivity index (χ0v) is 18.7. The monoisotopic (exact) mass is 390 g/mol. The van der Waals surface area contributed by atoms with Crippen molar-refractivity contribution < 1.29 is 75.6 Å². The molecule has 8 heteroatoms. The van der Waals surface area contributed by atoms with Gasteiger partial charge in [-0.1, -0.05) is 12.8 Å². The van der Waals surface area contributed by atoms with Crippen LogP contribution in [0, 0.1) is 5.92 Å². The number of nitrogens with zero attached hydrogens (tertiary/aromatic N) is 1. The first-order valence-corrected chi connectivity index (χ1v) is 9.66. The van der Waals surface area contributed by atoms with Crippen molar-refractivity contribution in [3.05, 3.63) is 0 Å². The van der Waals surface area contributed by atoms with Crippen LogP contribution < -0.4 is 61.8 Å². The quantitative estimate of drug-likeness (QED) is 0.539. The molecule has 3 atom stereocenters. The maximum Gasteiger partial charge on any atom is 1.00 e. The molecule has 4 rings (SSSR count). The number of likely N-dealkylation sites (tertiary alicyclic amines) is 1. The van der Waals surface area contributed by atoms with E-state index < -0.39 is 17.8 Å². The van der Waals surface area contributed by atoms with E-state index in [0.29, 0.717) is 25.6 Å². The van der Waals surface area contributed by atoms with Gasteiger partial charge in [-0.05, 0) is 38.0 Å². The second kappa shape index (κ2) is 8.76. The van der Waals surface area contributed by atoms with Crippen LogP contribution in [0.2, 0.25) is 0 Å². The van der Waals surface area contributed by atoms with Crippen molar-refractivity contribution >= 4 is 12.0 Å². The Morgan fingerprint density at radius 1 is 1.04 bits per heavy atom. The summed E-state index contributed by atoms with van der Waals surface area (Å²) in [6.07, 6.45) is 7.77. The van der Waals surface area contributed by atoms with Gasteiger partial charge in [-0.25, -0.2) is 4.79 Å². The molecule has 1 N–H and O–H groups in total. The zero-order valence-electron chi connectivity index (χ0n) is 15.6. The Bertz CT molecular complexity index is 530. The summed E-state index contributed by atoms with van der Waals surface area (Å²) >= 11 is 0. The van der Waals surface area contributed by atoms with Crippen LogP contribution in [0.3, 0.4) is 0 Å². The van der Waals surface area contributed by atoms with E-state index >= 15 is 0 Å². The van der Waals surface area contributed by atoms with Crippen LogP contribution in [0.25, 0.3) is 0 Å². The zero-order chi connectivity index (χ0) is 17.4.